The molecule has 1 aliphatic heterocycles. The van der Waals surface area contributed by atoms with Crippen molar-refractivity contribution in [3.8, 4) is 0 Å². The lowest BCUT2D eigenvalue weighted by molar-refractivity contribution is 0.0690. The van der Waals surface area contributed by atoms with Gasteiger partial charge in [0.2, 0.25) is 0 Å². The fourth-order valence-electron chi connectivity index (χ4n) is 3.00. The fraction of sp³-hybridized carbons (Fsp3) is 0.500. The largest absolute Gasteiger partial charge is 0.477 e. The van der Waals surface area contributed by atoms with E-state index in [1.807, 2.05) is 6.07 Å². The monoisotopic (exact) mass is 280 g/mol. The van der Waals surface area contributed by atoms with Gasteiger partial charge in [0.25, 0.3) is 0 Å². The summed E-state index contributed by atoms with van der Waals surface area (Å²) in [7, 11) is -2.77. The number of anilines is 1. The van der Waals surface area contributed by atoms with Crippen molar-refractivity contribution in [2.24, 2.45) is 0 Å². The van der Waals surface area contributed by atoms with E-state index >= 15 is 0 Å². The van der Waals surface area contributed by atoms with Gasteiger partial charge in [-0.15, -0.1) is 0 Å². The topological polar surface area (TPSA) is 53.4 Å². The summed E-state index contributed by atoms with van der Waals surface area (Å²) in [6.45, 7) is 9.55. The molecule has 98 valence electrons. The van der Waals surface area contributed by atoms with E-state index in [4.69, 9.17) is 5.11 Å². The molecule has 1 aromatic heterocycles. The summed E-state index contributed by atoms with van der Waals surface area (Å²) in [6.07, 6.45) is 1.73. The number of aromatic nitrogens is 1. The number of carbonyl (C=O) groups is 1. The Bertz CT molecular complexity index is 455. The highest BCUT2D eigenvalue weighted by molar-refractivity contribution is 7.04. The van der Waals surface area contributed by atoms with Crippen LogP contribution in [0.25, 0.3) is 0 Å². The van der Waals surface area contributed by atoms with Crippen LogP contribution in [0.4, 0.5) is 5.69 Å². The van der Waals surface area contributed by atoms with Crippen molar-refractivity contribution in [1.82, 2.24) is 4.98 Å². The average molecular weight is 280 g/mol. The molecule has 0 spiro atoms. The number of hydrogen-bond donors (Lipinski definition) is 1. The van der Waals surface area contributed by atoms with Crippen LogP contribution in [-0.4, -0.2) is 32.5 Å². The molecule has 1 aliphatic rings. The zero-order chi connectivity index (χ0) is 13.6. The molecule has 2 heterocycles. The third-order valence-electron chi connectivity index (χ3n) is 3.78. The molecule has 6 heteroatoms. The van der Waals surface area contributed by atoms with Crippen molar-refractivity contribution >= 4 is 28.1 Å². The number of carboxylic acids is 1. The van der Waals surface area contributed by atoms with E-state index in [2.05, 4.69) is 35.4 Å². The Morgan fingerprint density at radius 3 is 2.17 bits per heavy atom. The minimum atomic E-state index is -1.38. The Labute approximate surface area is 110 Å². The van der Waals surface area contributed by atoms with Gasteiger partial charge in [-0.2, -0.15) is 0 Å². The second-order valence-electron chi connectivity index (χ2n) is 6.17. The highest BCUT2D eigenvalue weighted by Gasteiger charge is 2.47. The molecule has 0 aliphatic carbocycles. The van der Waals surface area contributed by atoms with Crippen LogP contribution in [0.3, 0.4) is 0 Å². The Morgan fingerprint density at radius 1 is 1.22 bits per heavy atom. The highest BCUT2D eigenvalue weighted by atomic mass is 28.4. The van der Waals surface area contributed by atoms with Crippen molar-refractivity contribution < 1.29 is 9.90 Å². The second-order valence-corrected chi connectivity index (χ2v) is 15.8. The molecule has 2 rings (SSSR count). The lowest BCUT2D eigenvalue weighted by Gasteiger charge is -2.41. The maximum atomic E-state index is 10.8. The Kier molecular flexibility index (Phi) is 3.10. The first-order valence-corrected chi connectivity index (χ1v) is 12.5. The summed E-state index contributed by atoms with van der Waals surface area (Å²) in [5, 5.41) is 8.89. The van der Waals surface area contributed by atoms with E-state index in [1.165, 1.54) is 12.1 Å². The summed E-state index contributed by atoms with van der Waals surface area (Å²) in [4.78, 5) is 14.9. The molecule has 1 N–H and O–H groups in total. The first-order chi connectivity index (χ1) is 8.24. The first-order valence-electron chi connectivity index (χ1n) is 6.24. The number of rotatable bonds is 2. The van der Waals surface area contributed by atoms with Gasteiger partial charge >= 0.3 is 5.97 Å². The van der Waals surface area contributed by atoms with Gasteiger partial charge < -0.3 is 9.34 Å². The minimum Gasteiger partial charge on any atom is -0.477 e. The Balaban J connectivity index is 2.38. The summed E-state index contributed by atoms with van der Waals surface area (Å²) in [6, 6.07) is 6.19. The number of carboxylic acid groups (broad SMARTS) is 1. The second kappa shape index (κ2) is 4.20. The molecule has 0 atom stereocenters. The molecule has 0 saturated carbocycles. The van der Waals surface area contributed by atoms with E-state index < -0.39 is 22.4 Å². The van der Waals surface area contributed by atoms with Crippen LogP contribution in [0.5, 0.6) is 0 Å². The van der Waals surface area contributed by atoms with Crippen LogP contribution in [0.15, 0.2) is 18.3 Å². The van der Waals surface area contributed by atoms with Gasteiger partial charge in [-0.25, -0.2) is 9.78 Å². The van der Waals surface area contributed by atoms with Crippen molar-refractivity contribution in [3.63, 3.8) is 0 Å². The van der Waals surface area contributed by atoms with Gasteiger partial charge in [0, 0.05) is 11.9 Å². The van der Waals surface area contributed by atoms with Crippen molar-refractivity contribution in [1.29, 1.82) is 0 Å². The van der Waals surface area contributed by atoms with Crippen LogP contribution in [0.2, 0.25) is 38.3 Å². The van der Waals surface area contributed by atoms with Crippen LogP contribution in [0, 0.1) is 0 Å². The molecule has 0 aromatic carbocycles. The summed E-state index contributed by atoms with van der Waals surface area (Å²) >= 11 is 0. The molecule has 4 nitrogen and oxygen atoms in total. The van der Waals surface area contributed by atoms with Crippen molar-refractivity contribution in [3.05, 3.63) is 24.0 Å². The van der Waals surface area contributed by atoms with Crippen molar-refractivity contribution in [2.75, 3.05) is 4.23 Å². The van der Waals surface area contributed by atoms with Crippen molar-refractivity contribution in [2.45, 2.75) is 38.3 Å². The van der Waals surface area contributed by atoms with Gasteiger partial charge in [-0.3, -0.25) is 0 Å². The molecule has 0 bridgehead atoms. The zero-order valence-electron chi connectivity index (χ0n) is 11.4. The van der Waals surface area contributed by atoms with E-state index in [9.17, 15) is 4.79 Å². The van der Waals surface area contributed by atoms with Gasteiger partial charge in [0.15, 0.2) is 0 Å². The summed E-state index contributed by atoms with van der Waals surface area (Å²) in [5.74, 6) is -0.962. The van der Waals surface area contributed by atoms with Gasteiger partial charge in [0.05, 0.1) is 0 Å². The third-order valence-corrected chi connectivity index (χ3v) is 13.8. The molecule has 1 aromatic rings. The molecule has 1 saturated heterocycles. The number of aromatic carboxylic acids is 1. The normalized spacial score (nSPS) is 21.0. The quantitative estimate of drug-likeness (QED) is 0.846. The minimum absolute atomic E-state index is 0.122. The van der Waals surface area contributed by atoms with E-state index in [0.717, 1.165) is 5.69 Å². The Hall–Kier alpha value is -1.15. The number of hydrogen-bond acceptors (Lipinski definition) is 3. The van der Waals surface area contributed by atoms with Gasteiger partial charge in [0.1, 0.15) is 22.2 Å². The van der Waals surface area contributed by atoms with Crippen LogP contribution in [0.1, 0.15) is 10.5 Å². The molecule has 0 radical (unpaired) electrons. The van der Waals surface area contributed by atoms with Gasteiger partial charge in [-0.05, 0) is 24.2 Å². The van der Waals surface area contributed by atoms with Crippen LogP contribution >= 0.6 is 0 Å². The van der Waals surface area contributed by atoms with E-state index in [1.54, 1.807) is 12.3 Å². The Morgan fingerprint density at radius 2 is 1.78 bits per heavy atom. The van der Waals surface area contributed by atoms with Crippen LogP contribution < -0.4 is 4.23 Å². The average Bonchev–Trinajstić information content (AvgIpc) is 2.48. The molecule has 0 amide bonds. The molecular formula is C12H20N2O2Si2. The number of nitrogens with zero attached hydrogens (tertiary/aromatic N) is 2. The lowest BCUT2D eigenvalue weighted by Crippen LogP contribution is -2.55. The summed E-state index contributed by atoms with van der Waals surface area (Å²) in [5.41, 5.74) is 1.24. The third kappa shape index (κ3) is 2.22. The summed E-state index contributed by atoms with van der Waals surface area (Å²) < 4.78 is 2.62. The predicted molar refractivity (Wildman–Crippen MR) is 78.3 cm³/mol. The number of pyridine rings is 1. The highest BCUT2D eigenvalue weighted by Crippen LogP contribution is 2.40. The lowest BCUT2D eigenvalue weighted by atomic mass is 10.3. The standard InChI is InChI=1S/C12H20N2O2Si2/c1-17(2)7-8-18(3,4)14(17)10-5-6-11(12(15)16)13-9-10/h5-6,9H,7-8H2,1-4H3,(H,15,16). The maximum Gasteiger partial charge on any atom is 0.354 e. The molecule has 0 unspecified atom stereocenters. The smallest absolute Gasteiger partial charge is 0.354 e. The maximum absolute atomic E-state index is 10.8. The zero-order valence-corrected chi connectivity index (χ0v) is 13.4. The van der Waals surface area contributed by atoms with Gasteiger partial charge in [-0.1, -0.05) is 26.2 Å². The molecule has 18 heavy (non-hydrogen) atoms. The van der Waals surface area contributed by atoms with E-state index in [-0.39, 0.29) is 5.69 Å². The van der Waals surface area contributed by atoms with Crippen LogP contribution in [-0.2, 0) is 0 Å². The fourth-order valence-corrected chi connectivity index (χ4v) is 17.2. The first kappa shape index (κ1) is 13.3. The molecule has 1 fully saturated rings. The van der Waals surface area contributed by atoms with E-state index in [0.29, 0.717) is 0 Å². The predicted octanol–water partition coefficient (Wildman–Crippen LogP) is 3.01. The molecular weight excluding hydrogens is 260 g/mol. The SMILES string of the molecule is C[Si]1(C)CC[Si](C)(C)N1c1ccc(C(=O)O)nc1.